The van der Waals surface area contributed by atoms with E-state index in [0.717, 1.165) is 48.1 Å². The summed E-state index contributed by atoms with van der Waals surface area (Å²) >= 11 is 0. The van der Waals surface area contributed by atoms with E-state index in [2.05, 4.69) is 6.07 Å². The Kier molecular flexibility index (Phi) is 4.16. The molecule has 0 atom stereocenters. The van der Waals surface area contributed by atoms with Crippen LogP contribution in [-0.2, 0) is 10.3 Å². The summed E-state index contributed by atoms with van der Waals surface area (Å²) in [5.41, 5.74) is 2.50. The summed E-state index contributed by atoms with van der Waals surface area (Å²) < 4.78 is 10.7. The van der Waals surface area contributed by atoms with Crippen molar-refractivity contribution in [2.24, 2.45) is 0 Å². The zero-order valence-corrected chi connectivity index (χ0v) is 12.3. The molecule has 0 bridgehead atoms. The Morgan fingerprint density at radius 2 is 1.74 bits per heavy atom. The first-order chi connectivity index (χ1) is 9.00. The van der Waals surface area contributed by atoms with Crippen LogP contribution in [0.4, 0.5) is 0 Å². The van der Waals surface area contributed by atoms with Crippen LogP contribution in [0.2, 0.25) is 0 Å². The highest BCUT2D eigenvalue weighted by Gasteiger charge is 2.36. The third kappa shape index (κ3) is 2.77. The fraction of sp³-hybridized carbons (Fsp3) is 0.625. The number of ether oxygens (including phenoxy) is 2. The van der Waals surface area contributed by atoms with E-state index in [-0.39, 0.29) is 0 Å². The second-order valence-corrected chi connectivity index (χ2v) is 5.60. The lowest BCUT2D eigenvalue weighted by Gasteiger charge is -2.37. The molecular formula is C16H24O3. The van der Waals surface area contributed by atoms with Gasteiger partial charge in [-0.3, -0.25) is 0 Å². The van der Waals surface area contributed by atoms with Gasteiger partial charge in [-0.1, -0.05) is 0 Å². The van der Waals surface area contributed by atoms with Crippen LogP contribution in [-0.4, -0.2) is 25.4 Å². The number of hydrogen-bond donors (Lipinski definition) is 1. The highest BCUT2D eigenvalue weighted by Crippen LogP contribution is 2.40. The van der Waals surface area contributed by atoms with E-state index < -0.39 is 5.60 Å². The summed E-state index contributed by atoms with van der Waals surface area (Å²) in [7, 11) is 3.43. The van der Waals surface area contributed by atoms with Crippen LogP contribution in [0, 0.1) is 13.8 Å². The predicted molar refractivity (Wildman–Crippen MR) is 75.6 cm³/mol. The molecular weight excluding hydrogens is 240 g/mol. The van der Waals surface area contributed by atoms with Gasteiger partial charge < -0.3 is 14.6 Å². The van der Waals surface area contributed by atoms with E-state index in [9.17, 15) is 5.11 Å². The van der Waals surface area contributed by atoms with Crippen molar-refractivity contribution in [2.75, 3.05) is 14.2 Å². The minimum absolute atomic E-state index is 0.292. The Bertz CT molecular complexity index is 446. The normalized spacial score (nSPS) is 27.3. The van der Waals surface area contributed by atoms with Crippen molar-refractivity contribution in [3.63, 3.8) is 0 Å². The first kappa shape index (κ1) is 14.4. The van der Waals surface area contributed by atoms with Crippen molar-refractivity contribution < 1.29 is 14.6 Å². The van der Waals surface area contributed by atoms with Gasteiger partial charge in [-0.05, 0) is 68.4 Å². The number of benzene rings is 1. The molecule has 1 aliphatic carbocycles. The summed E-state index contributed by atoms with van der Waals surface area (Å²) in [5, 5.41) is 10.9. The Balaban J connectivity index is 2.29. The number of aryl methyl sites for hydroxylation is 2. The number of rotatable bonds is 3. The smallest absolute Gasteiger partial charge is 0.122 e. The Morgan fingerprint density at radius 3 is 2.26 bits per heavy atom. The molecule has 1 aromatic carbocycles. The first-order valence-electron chi connectivity index (χ1n) is 6.91. The van der Waals surface area contributed by atoms with Gasteiger partial charge in [0.15, 0.2) is 0 Å². The molecule has 1 fully saturated rings. The van der Waals surface area contributed by atoms with Gasteiger partial charge in [-0.25, -0.2) is 0 Å². The number of hydrogen-bond acceptors (Lipinski definition) is 3. The largest absolute Gasteiger partial charge is 0.496 e. The molecule has 0 aromatic heterocycles. The summed E-state index contributed by atoms with van der Waals surface area (Å²) in [6.07, 6.45) is 3.64. The molecule has 1 aromatic rings. The number of aliphatic hydroxyl groups is 1. The average molecular weight is 264 g/mol. The minimum atomic E-state index is -0.712. The Morgan fingerprint density at radius 1 is 1.11 bits per heavy atom. The van der Waals surface area contributed by atoms with Gasteiger partial charge >= 0.3 is 0 Å². The Labute approximate surface area is 115 Å². The van der Waals surface area contributed by atoms with Crippen LogP contribution in [0.25, 0.3) is 0 Å². The standard InChI is InChI=1S/C16H24O3/c1-11-10-15(19-4)12(2)9-14(11)16(17)7-5-13(18-3)6-8-16/h9-10,13,17H,5-8H2,1-4H3. The molecule has 0 saturated heterocycles. The minimum Gasteiger partial charge on any atom is -0.496 e. The monoisotopic (exact) mass is 264 g/mol. The topological polar surface area (TPSA) is 38.7 Å². The van der Waals surface area contributed by atoms with Gasteiger partial charge in [-0.15, -0.1) is 0 Å². The first-order valence-corrected chi connectivity index (χ1v) is 6.91. The van der Waals surface area contributed by atoms with Crippen LogP contribution >= 0.6 is 0 Å². The van der Waals surface area contributed by atoms with Crippen molar-refractivity contribution in [1.29, 1.82) is 0 Å². The van der Waals surface area contributed by atoms with Crippen molar-refractivity contribution in [3.8, 4) is 5.75 Å². The molecule has 3 nitrogen and oxygen atoms in total. The van der Waals surface area contributed by atoms with Crippen molar-refractivity contribution in [3.05, 3.63) is 28.8 Å². The lowest BCUT2D eigenvalue weighted by atomic mass is 9.76. The van der Waals surface area contributed by atoms with Crippen LogP contribution in [0.15, 0.2) is 12.1 Å². The van der Waals surface area contributed by atoms with Gasteiger partial charge in [0.05, 0.1) is 18.8 Å². The van der Waals surface area contributed by atoms with Gasteiger partial charge in [-0.2, -0.15) is 0 Å². The molecule has 0 amide bonds. The van der Waals surface area contributed by atoms with Crippen LogP contribution in [0.3, 0.4) is 0 Å². The van der Waals surface area contributed by atoms with Gasteiger partial charge in [0.1, 0.15) is 5.75 Å². The quantitative estimate of drug-likeness (QED) is 0.911. The lowest BCUT2D eigenvalue weighted by molar-refractivity contribution is -0.0478. The third-order valence-corrected chi connectivity index (χ3v) is 4.34. The highest BCUT2D eigenvalue weighted by atomic mass is 16.5. The molecule has 106 valence electrons. The second kappa shape index (κ2) is 5.51. The average Bonchev–Trinajstić information content (AvgIpc) is 2.41. The Hall–Kier alpha value is -1.06. The molecule has 0 heterocycles. The van der Waals surface area contributed by atoms with E-state index in [1.165, 1.54) is 0 Å². The molecule has 0 unspecified atom stereocenters. The lowest BCUT2D eigenvalue weighted by Crippen LogP contribution is -2.34. The zero-order valence-electron chi connectivity index (χ0n) is 12.3. The summed E-state index contributed by atoms with van der Waals surface area (Å²) in [6.45, 7) is 4.06. The van der Waals surface area contributed by atoms with E-state index in [0.29, 0.717) is 6.10 Å². The van der Waals surface area contributed by atoms with Crippen molar-refractivity contribution >= 4 is 0 Å². The van der Waals surface area contributed by atoms with Crippen LogP contribution < -0.4 is 4.74 Å². The summed E-state index contributed by atoms with van der Waals surface area (Å²) in [4.78, 5) is 0. The van der Waals surface area contributed by atoms with Gasteiger partial charge in [0.25, 0.3) is 0 Å². The second-order valence-electron chi connectivity index (χ2n) is 5.60. The summed E-state index contributed by atoms with van der Waals surface area (Å²) in [5.74, 6) is 0.885. The van der Waals surface area contributed by atoms with E-state index in [1.807, 2.05) is 19.9 Å². The maximum Gasteiger partial charge on any atom is 0.122 e. The molecule has 19 heavy (non-hydrogen) atoms. The summed E-state index contributed by atoms with van der Waals surface area (Å²) in [6, 6.07) is 4.09. The molecule has 2 rings (SSSR count). The molecule has 1 saturated carbocycles. The van der Waals surface area contributed by atoms with Crippen molar-refractivity contribution in [2.45, 2.75) is 51.2 Å². The molecule has 1 N–H and O–H groups in total. The van der Waals surface area contributed by atoms with E-state index in [1.54, 1.807) is 14.2 Å². The maximum absolute atomic E-state index is 10.9. The third-order valence-electron chi connectivity index (χ3n) is 4.34. The van der Waals surface area contributed by atoms with E-state index >= 15 is 0 Å². The molecule has 0 aliphatic heterocycles. The molecule has 0 spiro atoms. The van der Waals surface area contributed by atoms with Gasteiger partial charge in [0, 0.05) is 7.11 Å². The fourth-order valence-corrected chi connectivity index (χ4v) is 3.08. The molecule has 0 radical (unpaired) electrons. The SMILES string of the molecule is COc1cc(C)c(C2(O)CCC(OC)CC2)cc1C. The molecule has 3 heteroatoms. The van der Waals surface area contributed by atoms with E-state index in [4.69, 9.17) is 9.47 Å². The number of methoxy groups -OCH3 is 2. The predicted octanol–water partition coefficient (Wildman–Crippen LogP) is 3.09. The van der Waals surface area contributed by atoms with Crippen molar-refractivity contribution in [1.82, 2.24) is 0 Å². The molecule has 1 aliphatic rings. The van der Waals surface area contributed by atoms with Crippen LogP contribution in [0.5, 0.6) is 5.75 Å². The van der Waals surface area contributed by atoms with Crippen LogP contribution in [0.1, 0.15) is 42.4 Å². The zero-order chi connectivity index (χ0) is 14.0. The fourth-order valence-electron chi connectivity index (χ4n) is 3.08. The maximum atomic E-state index is 10.9. The van der Waals surface area contributed by atoms with Gasteiger partial charge in [0.2, 0.25) is 0 Å². The highest BCUT2D eigenvalue weighted by molar-refractivity contribution is 5.44.